The second-order valence-electron chi connectivity index (χ2n) is 5.96. The second kappa shape index (κ2) is 6.45. The molecule has 0 radical (unpaired) electrons. The van der Waals surface area contributed by atoms with Crippen molar-refractivity contribution in [2.24, 2.45) is 0 Å². The Morgan fingerprint density at radius 3 is 3.00 bits per heavy atom. The van der Waals surface area contributed by atoms with Gasteiger partial charge < -0.3 is 14.9 Å². The van der Waals surface area contributed by atoms with Crippen molar-refractivity contribution in [3.8, 4) is 11.4 Å². The Balaban J connectivity index is 1.56. The molecule has 1 fully saturated rings. The van der Waals surface area contributed by atoms with Crippen molar-refractivity contribution in [1.82, 2.24) is 15.1 Å². The summed E-state index contributed by atoms with van der Waals surface area (Å²) in [5.41, 5.74) is 2.27. The molecule has 126 valence electrons. The van der Waals surface area contributed by atoms with Crippen molar-refractivity contribution in [3.63, 3.8) is 0 Å². The minimum Gasteiger partial charge on any atom is -0.392 e. The molecule has 1 saturated carbocycles. The van der Waals surface area contributed by atoms with Crippen LogP contribution in [0.1, 0.15) is 40.6 Å². The molecule has 1 amide bonds. The van der Waals surface area contributed by atoms with Crippen LogP contribution in [0.25, 0.3) is 11.4 Å². The SMILES string of the molecule is O=C(Nc1cnccc1CO)c1cccc(-c2noc(C3CC3)n2)c1. The van der Waals surface area contributed by atoms with Gasteiger partial charge in [-0.1, -0.05) is 17.3 Å². The monoisotopic (exact) mass is 336 g/mol. The summed E-state index contributed by atoms with van der Waals surface area (Å²) >= 11 is 0. The topological polar surface area (TPSA) is 101 Å². The van der Waals surface area contributed by atoms with E-state index in [-0.39, 0.29) is 12.5 Å². The quantitative estimate of drug-likeness (QED) is 0.743. The van der Waals surface area contributed by atoms with Crippen molar-refractivity contribution in [2.45, 2.75) is 25.4 Å². The van der Waals surface area contributed by atoms with E-state index in [4.69, 9.17) is 4.52 Å². The molecular formula is C18H16N4O3. The number of aliphatic hydroxyl groups excluding tert-OH is 1. The van der Waals surface area contributed by atoms with Gasteiger partial charge in [-0.2, -0.15) is 4.98 Å². The van der Waals surface area contributed by atoms with Crippen LogP contribution in [0, 0.1) is 0 Å². The number of carbonyl (C=O) groups is 1. The van der Waals surface area contributed by atoms with Crippen molar-refractivity contribution >= 4 is 11.6 Å². The van der Waals surface area contributed by atoms with Crippen molar-refractivity contribution in [2.75, 3.05) is 5.32 Å². The molecule has 2 heterocycles. The minimum atomic E-state index is -0.296. The Kier molecular flexibility index (Phi) is 3.99. The minimum absolute atomic E-state index is 0.176. The first kappa shape index (κ1) is 15.5. The number of rotatable bonds is 5. The summed E-state index contributed by atoms with van der Waals surface area (Å²) in [6.07, 6.45) is 5.24. The summed E-state index contributed by atoms with van der Waals surface area (Å²) in [5, 5.41) is 16.1. The zero-order chi connectivity index (χ0) is 17.2. The van der Waals surface area contributed by atoms with E-state index in [0.29, 0.717) is 34.4 Å². The molecule has 1 aliphatic rings. The van der Waals surface area contributed by atoms with Crippen LogP contribution < -0.4 is 5.32 Å². The molecule has 0 unspecified atom stereocenters. The average Bonchev–Trinajstić information content (AvgIpc) is 3.39. The Bertz CT molecular complexity index is 918. The molecule has 2 N–H and O–H groups in total. The molecule has 25 heavy (non-hydrogen) atoms. The van der Waals surface area contributed by atoms with Crippen LogP contribution in [0.2, 0.25) is 0 Å². The molecule has 1 aromatic carbocycles. The first-order valence-electron chi connectivity index (χ1n) is 8.04. The van der Waals surface area contributed by atoms with E-state index in [1.54, 1.807) is 30.5 Å². The fourth-order valence-electron chi connectivity index (χ4n) is 2.52. The third kappa shape index (κ3) is 3.27. The molecule has 0 saturated heterocycles. The number of aliphatic hydroxyl groups is 1. The molecule has 0 aliphatic heterocycles. The molecule has 0 spiro atoms. The zero-order valence-corrected chi connectivity index (χ0v) is 13.3. The largest absolute Gasteiger partial charge is 0.392 e. The fourth-order valence-corrected chi connectivity index (χ4v) is 2.52. The van der Waals surface area contributed by atoms with Crippen LogP contribution in [0.5, 0.6) is 0 Å². The second-order valence-corrected chi connectivity index (χ2v) is 5.96. The molecule has 7 heteroatoms. The van der Waals surface area contributed by atoms with E-state index < -0.39 is 0 Å². The number of nitrogens with zero attached hydrogens (tertiary/aromatic N) is 3. The first-order chi connectivity index (χ1) is 12.2. The van der Waals surface area contributed by atoms with Gasteiger partial charge in [-0.05, 0) is 31.0 Å². The van der Waals surface area contributed by atoms with E-state index in [9.17, 15) is 9.90 Å². The third-order valence-corrected chi connectivity index (χ3v) is 4.08. The maximum Gasteiger partial charge on any atom is 0.255 e. The summed E-state index contributed by atoms with van der Waals surface area (Å²) in [7, 11) is 0. The molecule has 0 bridgehead atoms. The highest BCUT2D eigenvalue weighted by Crippen LogP contribution is 2.39. The van der Waals surface area contributed by atoms with Crippen molar-refractivity contribution in [3.05, 3.63) is 59.7 Å². The van der Waals surface area contributed by atoms with E-state index in [1.807, 2.05) is 6.07 Å². The molecule has 1 aliphatic carbocycles. The first-order valence-corrected chi connectivity index (χ1v) is 8.04. The normalized spacial score (nSPS) is 13.6. The summed E-state index contributed by atoms with van der Waals surface area (Å²) in [6, 6.07) is 8.68. The van der Waals surface area contributed by atoms with Gasteiger partial charge >= 0.3 is 0 Å². The van der Waals surface area contributed by atoms with E-state index in [1.165, 1.54) is 6.20 Å². The standard InChI is InChI=1S/C18H16N4O3/c23-10-14-6-7-19-9-15(14)20-17(24)13-3-1-2-12(8-13)16-21-18(25-22-16)11-4-5-11/h1-3,6-9,11,23H,4-5,10H2,(H,20,24). The van der Waals surface area contributed by atoms with Gasteiger partial charge in [0.15, 0.2) is 0 Å². The van der Waals surface area contributed by atoms with Gasteiger partial charge in [-0.25, -0.2) is 0 Å². The lowest BCUT2D eigenvalue weighted by Gasteiger charge is -2.09. The van der Waals surface area contributed by atoms with Crippen LogP contribution >= 0.6 is 0 Å². The lowest BCUT2D eigenvalue weighted by Crippen LogP contribution is -2.13. The number of anilines is 1. The maximum atomic E-state index is 12.5. The Morgan fingerprint density at radius 2 is 2.20 bits per heavy atom. The van der Waals surface area contributed by atoms with Crippen LogP contribution in [0.15, 0.2) is 47.2 Å². The fraction of sp³-hybridized carbons (Fsp3) is 0.222. The van der Waals surface area contributed by atoms with Crippen LogP contribution in [-0.2, 0) is 6.61 Å². The molecule has 3 aromatic rings. The Hall–Kier alpha value is -3.06. The predicted molar refractivity (Wildman–Crippen MR) is 89.8 cm³/mol. The van der Waals surface area contributed by atoms with Gasteiger partial charge in [0.1, 0.15) is 0 Å². The maximum absolute atomic E-state index is 12.5. The van der Waals surface area contributed by atoms with Crippen molar-refractivity contribution in [1.29, 1.82) is 0 Å². The van der Waals surface area contributed by atoms with Crippen molar-refractivity contribution < 1.29 is 14.4 Å². The Labute approximate surface area is 143 Å². The smallest absolute Gasteiger partial charge is 0.255 e. The average molecular weight is 336 g/mol. The summed E-state index contributed by atoms with van der Waals surface area (Å²) in [6.45, 7) is -0.176. The van der Waals surface area contributed by atoms with Gasteiger partial charge in [0, 0.05) is 28.8 Å². The molecular weight excluding hydrogens is 320 g/mol. The summed E-state index contributed by atoms with van der Waals surface area (Å²) in [5.74, 6) is 1.23. The third-order valence-electron chi connectivity index (χ3n) is 4.08. The number of nitrogens with one attached hydrogen (secondary N) is 1. The predicted octanol–water partition coefficient (Wildman–Crippen LogP) is 2.75. The van der Waals surface area contributed by atoms with E-state index in [2.05, 4.69) is 20.4 Å². The summed E-state index contributed by atoms with van der Waals surface area (Å²) in [4.78, 5) is 20.9. The van der Waals surface area contributed by atoms with Gasteiger partial charge in [0.05, 0.1) is 18.5 Å². The van der Waals surface area contributed by atoms with Gasteiger partial charge in [-0.15, -0.1) is 0 Å². The van der Waals surface area contributed by atoms with Crippen LogP contribution in [-0.4, -0.2) is 26.1 Å². The highest BCUT2D eigenvalue weighted by molar-refractivity contribution is 6.05. The molecule has 7 nitrogen and oxygen atoms in total. The number of amides is 1. The number of carbonyl (C=O) groups excluding carboxylic acids is 1. The van der Waals surface area contributed by atoms with Crippen LogP contribution in [0.3, 0.4) is 0 Å². The highest BCUT2D eigenvalue weighted by atomic mass is 16.5. The number of hydrogen-bond donors (Lipinski definition) is 2. The zero-order valence-electron chi connectivity index (χ0n) is 13.3. The van der Waals surface area contributed by atoms with Gasteiger partial charge in [0.2, 0.25) is 11.7 Å². The van der Waals surface area contributed by atoms with E-state index in [0.717, 1.165) is 18.4 Å². The van der Waals surface area contributed by atoms with Crippen LogP contribution in [0.4, 0.5) is 5.69 Å². The lowest BCUT2D eigenvalue weighted by molar-refractivity contribution is 0.102. The number of pyridine rings is 1. The Morgan fingerprint density at radius 1 is 1.32 bits per heavy atom. The number of benzene rings is 1. The van der Waals surface area contributed by atoms with E-state index >= 15 is 0 Å². The molecule has 4 rings (SSSR count). The highest BCUT2D eigenvalue weighted by Gasteiger charge is 2.29. The number of hydrogen-bond acceptors (Lipinski definition) is 6. The van der Waals surface area contributed by atoms with Gasteiger partial charge in [-0.3, -0.25) is 9.78 Å². The molecule has 2 aromatic heterocycles. The molecule has 0 atom stereocenters. The lowest BCUT2D eigenvalue weighted by atomic mass is 10.1. The number of aromatic nitrogens is 3. The van der Waals surface area contributed by atoms with Gasteiger partial charge in [0.25, 0.3) is 5.91 Å². The summed E-state index contributed by atoms with van der Waals surface area (Å²) < 4.78 is 5.27.